The van der Waals surface area contributed by atoms with Crippen LogP contribution in [0.5, 0.6) is 0 Å². The van der Waals surface area contributed by atoms with Gasteiger partial charge in [-0.1, -0.05) is 0 Å². The first-order chi connectivity index (χ1) is 15.2. The number of aryl methyl sites for hydroxylation is 1. The number of halogens is 1. The largest absolute Gasteiger partial charge is 0.380 e. The molecule has 3 aromatic heterocycles. The van der Waals surface area contributed by atoms with Crippen molar-refractivity contribution in [2.24, 2.45) is 18.5 Å². The second kappa shape index (κ2) is 8.55. The molecule has 1 fully saturated rings. The van der Waals surface area contributed by atoms with Crippen LogP contribution in [0.3, 0.4) is 0 Å². The summed E-state index contributed by atoms with van der Waals surface area (Å²) in [7, 11) is 5.57. The minimum atomic E-state index is -0.808. The fourth-order valence-corrected chi connectivity index (χ4v) is 3.65. The molecule has 0 aliphatic carbocycles. The van der Waals surface area contributed by atoms with Gasteiger partial charge in [0.25, 0.3) is 5.91 Å². The lowest BCUT2D eigenvalue weighted by molar-refractivity contribution is 0.0751. The first-order valence-electron chi connectivity index (χ1n) is 10.1. The van der Waals surface area contributed by atoms with Crippen LogP contribution in [0.4, 0.5) is 27.5 Å². The van der Waals surface area contributed by atoms with Gasteiger partial charge in [0.05, 0.1) is 29.4 Å². The van der Waals surface area contributed by atoms with Crippen molar-refractivity contribution in [2.45, 2.75) is 18.5 Å². The molecule has 1 saturated heterocycles. The van der Waals surface area contributed by atoms with Gasteiger partial charge in [-0.25, -0.2) is 19.0 Å². The number of pyridine rings is 2. The number of carbonyl (C=O) groups is 1. The van der Waals surface area contributed by atoms with E-state index >= 15 is 0 Å². The number of hydrogen-bond acceptors (Lipinski definition) is 9. The summed E-state index contributed by atoms with van der Waals surface area (Å²) in [5.74, 6) is -0.684. The standard InChI is InChI=1S/C20H26FN9O2/c1-29(2)20-12-6-10(8-24-19(12)30(3)28-20)25-17-11(16(23)31)7-13(21)18(27-17)26-15-4-5-32-9-14(15)22/h6-8,14-15H,4-5,9,22H2,1-3H3,(H2,23,31)(H2,25,26,27)/t14-,15+/m0/s1. The molecule has 32 heavy (non-hydrogen) atoms. The van der Waals surface area contributed by atoms with E-state index in [0.717, 1.165) is 17.3 Å². The predicted molar refractivity (Wildman–Crippen MR) is 120 cm³/mol. The van der Waals surface area contributed by atoms with Crippen LogP contribution >= 0.6 is 0 Å². The summed E-state index contributed by atoms with van der Waals surface area (Å²) in [6.45, 7) is 0.886. The van der Waals surface area contributed by atoms with Crippen LogP contribution in [0.1, 0.15) is 16.8 Å². The first kappa shape index (κ1) is 21.7. The van der Waals surface area contributed by atoms with Crippen molar-refractivity contribution >= 4 is 40.1 Å². The van der Waals surface area contributed by atoms with E-state index in [4.69, 9.17) is 16.2 Å². The Hall–Kier alpha value is -3.51. The molecule has 1 aliphatic heterocycles. The predicted octanol–water partition coefficient (Wildman–Crippen LogP) is 0.939. The molecular formula is C20H26FN9O2. The number of nitrogens with zero attached hydrogens (tertiary/aromatic N) is 5. The maximum atomic E-state index is 14.7. The lowest BCUT2D eigenvalue weighted by Gasteiger charge is -2.30. The molecule has 2 atom stereocenters. The van der Waals surface area contributed by atoms with Crippen molar-refractivity contribution in [3.63, 3.8) is 0 Å². The molecule has 3 aromatic rings. The SMILES string of the molecule is CN(C)c1nn(C)c2ncc(Nc3nc(N[C@@H]4CCOC[C@@H]4N)c(F)cc3C(N)=O)cc12. The Morgan fingerprint density at radius 1 is 1.34 bits per heavy atom. The third-order valence-corrected chi connectivity index (χ3v) is 5.31. The highest BCUT2D eigenvalue weighted by molar-refractivity contribution is 5.99. The van der Waals surface area contributed by atoms with Crippen LogP contribution in [-0.4, -0.2) is 65.0 Å². The normalized spacial score (nSPS) is 18.5. The van der Waals surface area contributed by atoms with Gasteiger partial charge in [-0.3, -0.25) is 4.79 Å². The van der Waals surface area contributed by atoms with E-state index in [1.54, 1.807) is 17.9 Å². The number of nitrogens with one attached hydrogen (secondary N) is 2. The van der Waals surface area contributed by atoms with E-state index in [1.165, 1.54) is 0 Å². The molecule has 1 aliphatic rings. The Balaban J connectivity index is 1.70. The summed E-state index contributed by atoms with van der Waals surface area (Å²) < 4.78 is 21.7. The topological polar surface area (TPSA) is 149 Å². The molecular weight excluding hydrogens is 417 g/mol. The van der Waals surface area contributed by atoms with Gasteiger partial charge in [-0.2, -0.15) is 5.10 Å². The Bertz CT molecular complexity index is 1160. The molecule has 0 unspecified atom stereocenters. The number of primary amides is 1. The summed E-state index contributed by atoms with van der Waals surface area (Å²) in [6, 6.07) is 2.38. The van der Waals surface area contributed by atoms with E-state index in [9.17, 15) is 9.18 Å². The highest BCUT2D eigenvalue weighted by Crippen LogP contribution is 2.29. The fourth-order valence-electron chi connectivity index (χ4n) is 3.65. The van der Waals surface area contributed by atoms with Gasteiger partial charge in [-0.05, 0) is 18.6 Å². The number of hydrogen-bond donors (Lipinski definition) is 4. The molecule has 4 heterocycles. The van der Waals surface area contributed by atoms with Crippen LogP contribution in [0, 0.1) is 5.82 Å². The molecule has 1 amide bonds. The number of fused-ring (bicyclic) bond motifs is 1. The molecule has 4 rings (SSSR count). The Kier molecular flexibility index (Phi) is 5.80. The lowest BCUT2D eigenvalue weighted by atomic mass is 10.0. The van der Waals surface area contributed by atoms with Crippen LogP contribution in [0.15, 0.2) is 18.3 Å². The van der Waals surface area contributed by atoms with Crippen LogP contribution in [-0.2, 0) is 11.8 Å². The third-order valence-electron chi connectivity index (χ3n) is 5.31. The number of amides is 1. The molecule has 170 valence electrons. The molecule has 0 saturated carbocycles. The molecule has 0 aromatic carbocycles. The summed E-state index contributed by atoms with van der Waals surface area (Å²) in [6.07, 6.45) is 2.19. The summed E-state index contributed by atoms with van der Waals surface area (Å²) >= 11 is 0. The van der Waals surface area contributed by atoms with Gasteiger partial charge < -0.3 is 31.7 Å². The Morgan fingerprint density at radius 2 is 2.12 bits per heavy atom. The van der Waals surface area contributed by atoms with E-state index in [-0.39, 0.29) is 29.3 Å². The summed E-state index contributed by atoms with van der Waals surface area (Å²) in [5, 5.41) is 11.3. The zero-order valence-electron chi connectivity index (χ0n) is 18.1. The zero-order valence-corrected chi connectivity index (χ0v) is 18.1. The van der Waals surface area contributed by atoms with Crippen LogP contribution < -0.4 is 27.0 Å². The Morgan fingerprint density at radius 3 is 2.81 bits per heavy atom. The monoisotopic (exact) mass is 443 g/mol. The van der Waals surface area contributed by atoms with E-state index in [0.29, 0.717) is 31.0 Å². The number of nitrogens with two attached hydrogens (primary N) is 2. The van der Waals surface area contributed by atoms with Gasteiger partial charge in [0.1, 0.15) is 5.82 Å². The average Bonchev–Trinajstić information content (AvgIpc) is 3.08. The molecule has 12 heteroatoms. The number of anilines is 4. The first-order valence-corrected chi connectivity index (χ1v) is 10.1. The maximum absolute atomic E-state index is 14.7. The quantitative estimate of drug-likeness (QED) is 0.436. The van der Waals surface area contributed by atoms with Gasteiger partial charge in [0.15, 0.2) is 23.1 Å². The van der Waals surface area contributed by atoms with E-state index < -0.39 is 11.7 Å². The van der Waals surface area contributed by atoms with Crippen molar-refractivity contribution in [1.82, 2.24) is 19.7 Å². The number of rotatable bonds is 6. The second-order valence-electron chi connectivity index (χ2n) is 7.92. The number of aromatic nitrogens is 4. The second-order valence-corrected chi connectivity index (χ2v) is 7.92. The van der Waals surface area contributed by atoms with Crippen molar-refractivity contribution in [3.05, 3.63) is 29.7 Å². The number of ether oxygens (including phenoxy) is 1. The molecule has 0 radical (unpaired) electrons. The van der Waals surface area contributed by atoms with Gasteiger partial charge >= 0.3 is 0 Å². The highest BCUT2D eigenvalue weighted by Gasteiger charge is 2.25. The van der Waals surface area contributed by atoms with Gasteiger partial charge in [-0.15, -0.1) is 0 Å². The fraction of sp³-hybridized carbons (Fsp3) is 0.400. The zero-order chi connectivity index (χ0) is 23.0. The summed E-state index contributed by atoms with van der Waals surface area (Å²) in [5.41, 5.74) is 12.7. The lowest BCUT2D eigenvalue weighted by Crippen LogP contribution is -2.47. The molecule has 0 spiro atoms. The average molecular weight is 443 g/mol. The van der Waals surface area contributed by atoms with E-state index in [2.05, 4.69) is 25.7 Å². The van der Waals surface area contributed by atoms with Crippen molar-refractivity contribution in [3.8, 4) is 0 Å². The highest BCUT2D eigenvalue weighted by atomic mass is 19.1. The molecule has 11 nitrogen and oxygen atoms in total. The van der Waals surface area contributed by atoms with Crippen molar-refractivity contribution in [2.75, 3.05) is 42.8 Å². The number of carbonyl (C=O) groups excluding carboxylic acids is 1. The molecule has 0 bridgehead atoms. The minimum absolute atomic E-state index is 0.0238. The third kappa shape index (κ3) is 4.14. The van der Waals surface area contributed by atoms with Gasteiger partial charge in [0.2, 0.25) is 0 Å². The Labute approximate surface area is 183 Å². The van der Waals surface area contributed by atoms with Gasteiger partial charge in [0, 0.05) is 39.8 Å². The molecule has 6 N–H and O–H groups in total. The summed E-state index contributed by atoms with van der Waals surface area (Å²) in [4.78, 5) is 22.6. The maximum Gasteiger partial charge on any atom is 0.252 e. The van der Waals surface area contributed by atoms with Crippen molar-refractivity contribution in [1.29, 1.82) is 0 Å². The van der Waals surface area contributed by atoms with E-state index in [1.807, 2.05) is 25.1 Å². The van der Waals surface area contributed by atoms with Crippen molar-refractivity contribution < 1.29 is 13.9 Å². The smallest absolute Gasteiger partial charge is 0.252 e. The van der Waals surface area contributed by atoms with Crippen LogP contribution in [0.2, 0.25) is 0 Å². The minimum Gasteiger partial charge on any atom is -0.380 e. The van der Waals surface area contributed by atoms with Crippen LogP contribution in [0.25, 0.3) is 11.0 Å².